The summed E-state index contributed by atoms with van der Waals surface area (Å²) < 4.78 is 0. The molecule has 2 aliphatic heterocycles. The van der Waals surface area contributed by atoms with Gasteiger partial charge >= 0.3 is 0 Å². The lowest BCUT2D eigenvalue weighted by atomic mass is 9.78. The van der Waals surface area contributed by atoms with E-state index in [-0.39, 0.29) is 24.4 Å². The Morgan fingerprint density at radius 2 is 2.29 bits per heavy atom. The molecule has 7 heteroatoms. The summed E-state index contributed by atoms with van der Waals surface area (Å²) in [5, 5.41) is 16.2. The molecule has 0 saturated carbocycles. The summed E-state index contributed by atoms with van der Waals surface area (Å²) in [4.78, 5) is 23.3. The Balaban J connectivity index is 1.93. The fraction of sp³-hybridized carbons (Fsp3) is 0.400. The molecule has 3 N–H and O–H groups in total. The zero-order valence-corrected chi connectivity index (χ0v) is 8.93. The average molecular weight is 233 g/mol. The van der Waals surface area contributed by atoms with Gasteiger partial charge in [0.2, 0.25) is 11.8 Å². The van der Waals surface area contributed by atoms with Crippen molar-refractivity contribution in [2.45, 2.75) is 11.6 Å². The monoisotopic (exact) mass is 233 g/mol. The molecule has 2 atom stereocenters. The molecule has 2 amide bonds. The minimum absolute atomic E-state index is 0.0355. The smallest absolute Gasteiger partial charge is 0.249 e. The van der Waals surface area contributed by atoms with Gasteiger partial charge in [-0.15, -0.1) is 0 Å². The maximum Gasteiger partial charge on any atom is 0.249 e. The topological polar surface area (TPSA) is 96.0 Å². The van der Waals surface area contributed by atoms with Gasteiger partial charge in [0.25, 0.3) is 0 Å². The number of carbonyl (C=O) groups is 2. The molecule has 1 spiro atoms. The van der Waals surface area contributed by atoms with E-state index < -0.39 is 5.54 Å². The van der Waals surface area contributed by atoms with Gasteiger partial charge in [0, 0.05) is 12.7 Å². The predicted octanol–water partition coefficient (Wildman–Crippen LogP) is -1.89. The minimum Gasteiger partial charge on any atom is -0.345 e. The third-order valence-electron chi connectivity index (χ3n) is 3.14. The average Bonchev–Trinajstić information content (AvgIpc) is 2.32. The molecule has 2 unspecified atom stereocenters. The minimum atomic E-state index is -0.911. The van der Waals surface area contributed by atoms with Gasteiger partial charge in [-0.3, -0.25) is 9.59 Å². The SMILES string of the molecule is O=C1CNC(=O)C2(CNC2c2cccnn2)N1. The summed E-state index contributed by atoms with van der Waals surface area (Å²) in [6.07, 6.45) is 1.56. The van der Waals surface area contributed by atoms with Crippen LogP contribution in [0.3, 0.4) is 0 Å². The van der Waals surface area contributed by atoms with E-state index in [0.29, 0.717) is 12.2 Å². The maximum atomic E-state index is 11.9. The molecular formula is C10H11N5O2. The Labute approximate surface area is 97.0 Å². The van der Waals surface area contributed by atoms with Gasteiger partial charge < -0.3 is 16.0 Å². The third-order valence-corrected chi connectivity index (χ3v) is 3.14. The van der Waals surface area contributed by atoms with Crippen molar-refractivity contribution in [1.29, 1.82) is 0 Å². The van der Waals surface area contributed by atoms with Crippen LogP contribution in [0.5, 0.6) is 0 Å². The number of hydrogen-bond donors (Lipinski definition) is 3. The van der Waals surface area contributed by atoms with Gasteiger partial charge in [-0.25, -0.2) is 0 Å². The van der Waals surface area contributed by atoms with Gasteiger partial charge in [0.1, 0.15) is 0 Å². The Kier molecular flexibility index (Phi) is 2.08. The van der Waals surface area contributed by atoms with Gasteiger partial charge in [-0.2, -0.15) is 10.2 Å². The number of aromatic nitrogens is 2. The molecule has 88 valence electrons. The molecule has 0 bridgehead atoms. The highest BCUT2D eigenvalue weighted by molar-refractivity contribution is 5.99. The first-order valence-corrected chi connectivity index (χ1v) is 5.33. The van der Waals surface area contributed by atoms with E-state index in [1.165, 1.54) is 0 Å². The van der Waals surface area contributed by atoms with E-state index in [1.54, 1.807) is 18.3 Å². The molecule has 2 fully saturated rings. The Morgan fingerprint density at radius 1 is 1.41 bits per heavy atom. The fourth-order valence-electron chi connectivity index (χ4n) is 2.23. The number of hydrogen-bond acceptors (Lipinski definition) is 5. The molecule has 17 heavy (non-hydrogen) atoms. The first-order valence-electron chi connectivity index (χ1n) is 5.33. The Bertz CT molecular complexity index is 477. The van der Waals surface area contributed by atoms with Crippen molar-refractivity contribution in [3.8, 4) is 0 Å². The van der Waals surface area contributed by atoms with Gasteiger partial charge in [0.05, 0.1) is 18.3 Å². The highest BCUT2D eigenvalue weighted by atomic mass is 16.2. The normalized spacial score (nSPS) is 31.6. The highest BCUT2D eigenvalue weighted by Crippen LogP contribution is 2.33. The molecule has 7 nitrogen and oxygen atoms in total. The van der Waals surface area contributed by atoms with Crippen molar-refractivity contribution in [2.75, 3.05) is 13.1 Å². The van der Waals surface area contributed by atoms with Crippen molar-refractivity contribution in [3.63, 3.8) is 0 Å². The summed E-state index contributed by atoms with van der Waals surface area (Å²) in [6, 6.07) is 3.21. The summed E-state index contributed by atoms with van der Waals surface area (Å²) in [7, 11) is 0. The zero-order chi connectivity index (χ0) is 11.9. The van der Waals surface area contributed by atoms with Crippen LogP contribution in [0.15, 0.2) is 18.3 Å². The van der Waals surface area contributed by atoms with Crippen molar-refractivity contribution >= 4 is 11.8 Å². The molecule has 3 rings (SSSR count). The number of piperazine rings is 1. The highest BCUT2D eigenvalue weighted by Gasteiger charge is 2.56. The molecule has 1 aromatic rings. The van der Waals surface area contributed by atoms with Crippen LogP contribution in [0, 0.1) is 0 Å². The summed E-state index contributed by atoms with van der Waals surface area (Å²) in [5.74, 6) is -0.355. The van der Waals surface area contributed by atoms with Gasteiger partial charge in [0.15, 0.2) is 5.54 Å². The van der Waals surface area contributed by atoms with Gasteiger partial charge in [-0.05, 0) is 12.1 Å². The molecule has 0 radical (unpaired) electrons. The third kappa shape index (κ3) is 1.39. The molecule has 2 aliphatic rings. The predicted molar refractivity (Wildman–Crippen MR) is 56.7 cm³/mol. The lowest BCUT2D eigenvalue weighted by molar-refractivity contribution is -0.143. The number of amides is 2. The van der Waals surface area contributed by atoms with Crippen LogP contribution in [0.4, 0.5) is 0 Å². The van der Waals surface area contributed by atoms with E-state index in [2.05, 4.69) is 26.1 Å². The van der Waals surface area contributed by atoms with Crippen LogP contribution in [0.2, 0.25) is 0 Å². The second-order valence-corrected chi connectivity index (χ2v) is 4.16. The lowest BCUT2D eigenvalue weighted by Gasteiger charge is -2.50. The van der Waals surface area contributed by atoms with Crippen molar-refractivity contribution in [3.05, 3.63) is 24.0 Å². The van der Waals surface area contributed by atoms with Crippen LogP contribution in [-0.2, 0) is 9.59 Å². The van der Waals surface area contributed by atoms with Crippen LogP contribution in [0.25, 0.3) is 0 Å². The van der Waals surface area contributed by atoms with E-state index >= 15 is 0 Å². The van der Waals surface area contributed by atoms with Crippen molar-refractivity contribution < 1.29 is 9.59 Å². The quantitative estimate of drug-likeness (QED) is 0.527. The summed E-state index contributed by atoms with van der Waals surface area (Å²) in [5.41, 5.74) is -0.262. The number of carbonyl (C=O) groups excluding carboxylic acids is 2. The zero-order valence-electron chi connectivity index (χ0n) is 8.93. The number of nitrogens with one attached hydrogen (secondary N) is 3. The second kappa shape index (κ2) is 3.49. The van der Waals surface area contributed by atoms with E-state index in [9.17, 15) is 9.59 Å². The number of nitrogens with zero attached hydrogens (tertiary/aromatic N) is 2. The molecule has 3 heterocycles. The molecule has 1 aromatic heterocycles. The van der Waals surface area contributed by atoms with E-state index in [1.807, 2.05) is 0 Å². The Hall–Kier alpha value is -2.02. The molecular weight excluding hydrogens is 222 g/mol. The van der Waals surface area contributed by atoms with Crippen molar-refractivity contribution in [2.24, 2.45) is 0 Å². The van der Waals surface area contributed by atoms with E-state index in [4.69, 9.17) is 0 Å². The van der Waals surface area contributed by atoms with Crippen LogP contribution < -0.4 is 16.0 Å². The van der Waals surface area contributed by atoms with Crippen LogP contribution in [-0.4, -0.2) is 40.6 Å². The molecule has 0 aromatic carbocycles. The molecule has 2 saturated heterocycles. The summed E-state index contributed by atoms with van der Waals surface area (Å²) in [6.45, 7) is 0.444. The standard InChI is InChI=1S/C10H11N5O2/c16-7-4-11-9(17)10(14-7)5-12-8(10)6-2-1-3-13-15-6/h1-3,8,12H,4-5H2,(H,11,17)(H,14,16). The maximum absolute atomic E-state index is 11.9. The van der Waals surface area contributed by atoms with Gasteiger partial charge in [-0.1, -0.05) is 0 Å². The van der Waals surface area contributed by atoms with Crippen LogP contribution in [0.1, 0.15) is 11.7 Å². The molecule has 0 aliphatic carbocycles. The Morgan fingerprint density at radius 3 is 2.94 bits per heavy atom. The lowest BCUT2D eigenvalue weighted by Crippen LogP contribution is -2.79. The first kappa shape index (κ1) is 10.2. The number of rotatable bonds is 1. The van der Waals surface area contributed by atoms with Crippen molar-refractivity contribution in [1.82, 2.24) is 26.1 Å². The van der Waals surface area contributed by atoms with Crippen LogP contribution >= 0.6 is 0 Å². The fourth-order valence-corrected chi connectivity index (χ4v) is 2.23. The van der Waals surface area contributed by atoms with E-state index in [0.717, 1.165) is 0 Å². The largest absolute Gasteiger partial charge is 0.345 e. The second-order valence-electron chi connectivity index (χ2n) is 4.16. The first-order chi connectivity index (χ1) is 8.22. The summed E-state index contributed by atoms with van der Waals surface area (Å²) >= 11 is 0.